The van der Waals surface area contributed by atoms with E-state index in [2.05, 4.69) is 0 Å². The fourth-order valence-electron chi connectivity index (χ4n) is 2.06. The quantitative estimate of drug-likeness (QED) is 0.783. The Morgan fingerprint density at radius 2 is 2.12 bits per heavy atom. The van der Waals surface area contributed by atoms with E-state index < -0.39 is 0 Å². The number of benzene rings is 1. The largest absolute Gasteiger partial charge is 0.326 e. The summed E-state index contributed by atoms with van der Waals surface area (Å²) < 4.78 is 0. The molecule has 2 N–H and O–H groups in total. The molecule has 0 spiro atoms. The van der Waals surface area contributed by atoms with Crippen molar-refractivity contribution in [3.63, 3.8) is 0 Å². The molecule has 0 saturated carbocycles. The van der Waals surface area contributed by atoms with Crippen molar-refractivity contribution in [3.8, 4) is 0 Å². The number of aryl methyl sites for hydroxylation is 1. The van der Waals surface area contributed by atoms with Gasteiger partial charge in [-0.3, -0.25) is 14.5 Å². The van der Waals surface area contributed by atoms with E-state index in [4.69, 9.17) is 5.73 Å². The Morgan fingerprint density at radius 3 is 2.65 bits per heavy atom. The molecule has 2 amide bonds. The van der Waals surface area contributed by atoms with Gasteiger partial charge in [0.1, 0.15) is 0 Å². The Balaban J connectivity index is 2.46. The Morgan fingerprint density at radius 1 is 1.41 bits per heavy atom. The van der Waals surface area contributed by atoms with E-state index in [9.17, 15) is 9.59 Å². The average molecular weight is 232 g/mol. The van der Waals surface area contributed by atoms with E-state index in [0.29, 0.717) is 18.7 Å². The minimum absolute atomic E-state index is 0.118. The summed E-state index contributed by atoms with van der Waals surface area (Å²) in [5, 5.41) is 0. The molecule has 4 heteroatoms. The maximum absolute atomic E-state index is 11.9. The topological polar surface area (TPSA) is 63.4 Å². The van der Waals surface area contributed by atoms with Gasteiger partial charge in [0.2, 0.25) is 11.8 Å². The highest BCUT2D eigenvalue weighted by molar-refractivity contribution is 6.21. The van der Waals surface area contributed by atoms with Crippen LogP contribution < -0.4 is 10.6 Å². The Kier molecular flexibility index (Phi) is 2.98. The molecule has 0 aromatic heterocycles. The van der Waals surface area contributed by atoms with E-state index in [1.165, 1.54) is 4.90 Å². The Hall–Kier alpha value is -1.68. The maximum Gasteiger partial charge on any atom is 0.237 e. The second-order valence-corrected chi connectivity index (χ2v) is 4.50. The molecule has 0 bridgehead atoms. The number of imide groups is 1. The first kappa shape index (κ1) is 11.8. The minimum atomic E-state index is -0.219. The van der Waals surface area contributed by atoms with E-state index in [-0.39, 0.29) is 17.7 Å². The Bertz CT molecular complexity index is 482. The number of nitrogens with two attached hydrogens (primary N) is 1. The van der Waals surface area contributed by atoms with Gasteiger partial charge in [0.15, 0.2) is 0 Å². The van der Waals surface area contributed by atoms with Crippen LogP contribution in [-0.2, 0) is 16.1 Å². The lowest BCUT2D eigenvalue weighted by Gasteiger charge is -2.18. The molecule has 4 nitrogen and oxygen atoms in total. The standard InChI is InChI=1S/C13H16N2O2/c1-8-3-4-10(7-14)6-11(8)15-12(16)5-9(2)13(15)17/h3-4,6,9H,5,7,14H2,1-2H3. The van der Waals surface area contributed by atoms with Crippen molar-refractivity contribution in [2.45, 2.75) is 26.8 Å². The van der Waals surface area contributed by atoms with Crippen molar-refractivity contribution in [2.24, 2.45) is 11.7 Å². The molecule has 17 heavy (non-hydrogen) atoms. The van der Waals surface area contributed by atoms with E-state index in [1.54, 1.807) is 6.92 Å². The van der Waals surface area contributed by atoms with E-state index >= 15 is 0 Å². The molecular formula is C13H16N2O2. The zero-order valence-electron chi connectivity index (χ0n) is 10.1. The first-order chi connectivity index (χ1) is 8.04. The lowest BCUT2D eigenvalue weighted by Crippen LogP contribution is -2.30. The third kappa shape index (κ3) is 1.96. The van der Waals surface area contributed by atoms with Crippen LogP contribution in [0.25, 0.3) is 0 Å². The van der Waals surface area contributed by atoms with Crippen LogP contribution in [0.4, 0.5) is 5.69 Å². The number of nitrogens with zero attached hydrogens (tertiary/aromatic N) is 1. The molecule has 1 unspecified atom stereocenters. The third-order valence-electron chi connectivity index (χ3n) is 3.12. The number of hydrogen-bond donors (Lipinski definition) is 1. The Labute approximate surface area is 100 Å². The van der Waals surface area contributed by atoms with Crippen LogP contribution in [0.2, 0.25) is 0 Å². The monoisotopic (exact) mass is 232 g/mol. The fourth-order valence-corrected chi connectivity index (χ4v) is 2.06. The van der Waals surface area contributed by atoms with Gasteiger partial charge < -0.3 is 5.73 Å². The van der Waals surface area contributed by atoms with Gasteiger partial charge >= 0.3 is 0 Å². The number of hydrogen-bond acceptors (Lipinski definition) is 3. The zero-order valence-corrected chi connectivity index (χ0v) is 10.1. The molecule has 1 aliphatic rings. The molecule has 1 aromatic rings. The van der Waals surface area contributed by atoms with Gasteiger partial charge in [0.05, 0.1) is 5.69 Å². The highest BCUT2D eigenvalue weighted by Gasteiger charge is 2.37. The van der Waals surface area contributed by atoms with Gasteiger partial charge in [-0.25, -0.2) is 0 Å². The summed E-state index contributed by atoms with van der Waals surface area (Å²) in [6.07, 6.45) is 0.297. The van der Waals surface area contributed by atoms with Crippen LogP contribution in [0.15, 0.2) is 18.2 Å². The molecule has 1 aromatic carbocycles. The van der Waals surface area contributed by atoms with Crippen molar-refractivity contribution < 1.29 is 9.59 Å². The summed E-state index contributed by atoms with van der Waals surface area (Å²) in [6.45, 7) is 4.07. The molecule has 1 heterocycles. The predicted molar refractivity (Wildman–Crippen MR) is 65.3 cm³/mol. The second-order valence-electron chi connectivity index (χ2n) is 4.50. The van der Waals surface area contributed by atoms with Gasteiger partial charge in [0.25, 0.3) is 0 Å². The van der Waals surface area contributed by atoms with Crippen LogP contribution in [0.5, 0.6) is 0 Å². The molecule has 1 atom stereocenters. The zero-order chi connectivity index (χ0) is 12.6. The summed E-state index contributed by atoms with van der Waals surface area (Å²) in [4.78, 5) is 25.1. The molecule has 90 valence electrons. The number of carbonyl (C=O) groups is 2. The lowest BCUT2D eigenvalue weighted by atomic mass is 10.1. The van der Waals surface area contributed by atoms with Crippen LogP contribution >= 0.6 is 0 Å². The first-order valence-electron chi connectivity index (χ1n) is 5.71. The SMILES string of the molecule is Cc1ccc(CN)cc1N1C(=O)CC(C)C1=O. The highest BCUT2D eigenvalue weighted by atomic mass is 16.2. The summed E-state index contributed by atoms with van der Waals surface area (Å²) in [6, 6.07) is 5.62. The van der Waals surface area contributed by atoms with Crippen molar-refractivity contribution >= 4 is 17.5 Å². The molecule has 1 aliphatic heterocycles. The highest BCUT2D eigenvalue weighted by Crippen LogP contribution is 2.29. The van der Waals surface area contributed by atoms with E-state index in [0.717, 1.165) is 11.1 Å². The summed E-state index contributed by atoms with van der Waals surface area (Å²) in [7, 11) is 0. The first-order valence-corrected chi connectivity index (χ1v) is 5.71. The van der Waals surface area contributed by atoms with Crippen LogP contribution in [0.1, 0.15) is 24.5 Å². The summed E-state index contributed by atoms with van der Waals surface area (Å²) >= 11 is 0. The van der Waals surface area contributed by atoms with Crippen LogP contribution in [-0.4, -0.2) is 11.8 Å². The summed E-state index contributed by atoms with van der Waals surface area (Å²) in [5.41, 5.74) is 8.09. The number of anilines is 1. The average Bonchev–Trinajstić information content (AvgIpc) is 2.55. The lowest BCUT2D eigenvalue weighted by molar-refractivity contribution is -0.122. The normalized spacial score (nSPS) is 20.2. The van der Waals surface area contributed by atoms with Crippen molar-refractivity contribution in [3.05, 3.63) is 29.3 Å². The van der Waals surface area contributed by atoms with Gasteiger partial charge in [0, 0.05) is 18.9 Å². The molecule has 0 radical (unpaired) electrons. The molecule has 1 fully saturated rings. The molecule has 0 aliphatic carbocycles. The third-order valence-corrected chi connectivity index (χ3v) is 3.12. The summed E-state index contributed by atoms with van der Waals surface area (Å²) in [5.74, 6) is -0.463. The molecule has 2 rings (SSSR count). The van der Waals surface area contributed by atoms with Crippen LogP contribution in [0.3, 0.4) is 0 Å². The molecular weight excluding hydrogens is 216 g/mol. The molecule has 1 saturated heterocycles. The number of amides is 2. The van der Waals surface area contributed by atoms with Gasteiger partial charge in [-0.15, -0.1) is 0 Å². The smallest absolute Gasteiger partial charge is 0.237 e. The van der Waals surface area contributed by atoms with Crippen LogP contribution in [0, 0.1) is 12.8 Å². The predicted octanol–water partition coefficient (Wildman–Crippen LogP) is 1.35. The number of carbonyl (C=O) groups excluding carboxylic acids is 2. The fraction of sp³-hybridized carbons (Fsp3) is 0.385. The van der Waals surface area contributed by atoms with Crippen molar-refractivity contribution in [1.29, 1.82) is 0 Å². The van der Waals surface area contributed by atoms with Crippen molar-refractivity contribution in [1.82, 2.24) is 0 Å². The van der Waals surface area contributed by atoms with Gasteiger partial charge in [-0.2, -0.15) is 0 Å². The van der Waals surface area contributed by atoms with Crippen molar-refractivity contribution in [2.75, 3.05) is 4.90 Å². The minimum Gasteiger partial charge on any atom is -0.326 e. The van der Waals surface area contributed by atoms with Gasteiger partial charge in [-0.1, -0.05) is 19.1 Å². The number of rotatable bonds is 2. The van der Waals surface area contributed by atoms with Gasteiger partial charge in [-0.05, 0) is 24.1 Å². The van der Waals surface area contributed by atoms with E-state index in [1.807, 2.05) is 25.1 Å². The maximum atomic E-state index is 11.9. The second kappa shape index (κ2) is 4.30.